The van der Waals surface area contributed by atoms with Crippen LogP contribution in [0.5, 0.6) is 0 Å². The summed E-state index contributed by atoms with van der Waals surface area (Å²) < 4.78 is 6.45. The van der Waals surface area contributed by atoms with Crippen LogP contribution in [0.1, 0.15) is 40.0 Å². The van der Waals surface area contributed by atoms with Gasteiger partial charge in [0.25, 0.3) is 0 Å². The van der Waals surface area contributed by atoms with E-state index in [-0.39, 0.29) is 5.04 Å². The lowest BCUT2D eigenvalue weighted by Gasteiger charge is -2.39. The van der Waals surface area contributed by atoms with Crippen molar-refractivity contribution in [2.45, 2.75) is 64.3 Å². The first kappa shape index (κ1) is 14.5. The zero-order chi connectivity index (χ0) is 13.1. The van der Waals surface area contributed by atoms with Crippen molar-refractivity contribution in [3.63, 3.8) is 0 Å². The number of rotatable bonds is 3. The second kappa shape index (κ2) is 5.37. The summed E-state index contributed by atoms with van der Waals surface area (Å²) in [4.78, 5) is 0. The second-order valence-electron chi connectivity index (χ2n) is 6.50. The third-order valence-electron chi connectivity index (χ3n) is 4.17. The molecule has 0 amide bonds. The molecule has 1 aliphatic rings. The molecule has 1 aliphatic carbocycles. The largest absolute Gasteiger partial charge is 0.413 e. The summed E-state index contributed by atoms with van der Waals surface area (Å²) in [5.41, 5.74) is 0. The molecule has 96 valence electrons. The van der Waals surface area contributed by atoms with Crippen LogP contribution >= 0.6 is 0 Å². The maximum absolute atomic E-state index is 8.61. The molecule has 1 rings (SSSR count). The van der Waals surface area contributed by atoms with E-state index in [9.17, 15) is 0 Å². The number of allylic oxidation sites excluding steroid dienone is 1. The Morgan fingerprint density at radius 1 is 1.29 bits per heavy atom. The number of hydrogen-bond donors (Lipinski definition) is 0. The second-order valence-corrected chi connectivity index (χ2v) is 11.3. The summed E-state index contributed by atoms with van der Waals surface area (Å²) >= 11 is 0. The highest BCUT2D eigenvalue weighted by atomic mass is 28.4. The van der Waals surface area contributed by atoms with Gasteiger partial charge in [-0.05, 0) is 31.0 Å². The van der Waals surface area contributed by atoms with Crippen LogP contribution in [0.25, 0.3) is 0 Å². The van der Waals surface area contributed by atoms with E-state index in [1.54, 1.807) is 6.08 Å². The lowest BCUT2D eigenvalue weighted by molar-refractivity contribution is 0.160. The molecule has 0 saturated heterocycles. The first-order chi connectivity index (χ1) is 7.78. The van der Waals surface area contributed by atoms with Crippen molar-refractivity contribution in [1.29, 1.82) is 5.26 Å². The normalized spacial score (nSPS) is 26.4. The monoisotopic (exact) mass is 251 g/mol. The van der Waals surface area contributed by atoms with Gasteiger partial charge in [-0.2, -0.15) is 5.26 Å². The molecule has 0 aromatic rings. The number of nitriles is 1. The van der Waals surface area contributed by atoms with Crippen molar-refractivity contribution in [3.8, 4) is 6.07 Å². The highest BCUT2D eigenvalue weighted by Gasteiger charge is 2.41. The Hall–Kier alpha value is -0.593. The summed E-state index contributed by atoms with van der Waals surface area (Å²) in [7, 11) is -1.67. The summed E-state index contributed by atoms with van der Waals surface area (Å²) in [6.45, 7) is 11.4. The van der Waals surface area contributed by atoms with Gasteiger partial charge < -0.3 is 4.43 Å². The third kappa shape index (κ3) is 3.69. The van der Waals surface area contributed by atoms with Crippen LogP contribution in [0.4, 0.5) is 0 Å². The molecule has 1 fully saturated rings. The molecule has 2 nitrogen and oxygen atoms in total. The van der Waals surface area contributed by atoms with Crippen LogP contribution in [-0.2, 0) is 4.43 Å². The molecule has 17 heavy (non-hydrogen) atoms. The van der Waals surface area contributed by atoms with Gasteiger partial charge in [0.05, 0.1) is 12.2 Å². The Bertz CT molecular complexity index is 322. The number of hydrogen-bond acceptors (Lipinski definition) is 2. The fourth-order valence-corrected chi connectivity index (χ4v) is 3.45. The average Bonchev–Trinajstić information content (AvgIpc) is 2.60. The highest BCUT2D eigenvalue weighted by Crippen LogP contribution is 2.41. The molecule has 2 atom stereocenters. The smallest absolute Gasteiger partial charge is 0.192 e. The molecule has 0 spiro atoms. The van der Waals surface area contributed by atoms with Gasteiger partial charge in [-0.3, -0.25) is 0 Å². The molecule has 0 aromatic heterocycles. The molecule has 1 saturated carbocycles. The SMILES string of the molecule is CC(C)(C)[Si](C)(C)O[C@H]1CCC[C@H]1/C=C\C#N. The minimum atomic E-state index is -1.67. The van der Waals surface area contributed by atoms with Crippen LogP contribution in [0.15, 0.2) is 12.2 Å². The molecular weight excluding hydrogens is 226 g/mol. The van der Waals surface area contributed by atoms with E-state index in [2.05, 4.69) is 39.9 Å². The summed E-state index contributed by atoms with van der Waals surface area (Å²) in [6, 6.07) is 2.08. The average molecular weight is 251 g/mol. The van der Waals surface area contributed by atoms with Crippen LogP contribution in [-0.4, -0.2) is 14.4 Å². The van der Waals surface area contributed by atoms with E-state index >= 15 is 0 Å². The first-order valence-electron chi connectivity index (χ1n) is 6.52. The van der Waals surface area contributed by atoms with Gasteiger partial charge >= 0.3 is 0 Å². The van der Waals surface area contributed by atoms with E-state index in [0.29, 0.717) is 12.0 Å². The molecule has 0 heterocycles. The molecule has 0 bridgehead atoms. The van der Waals surface area contributed by atoms with Crippen molar-refractivity contribution >= 4 is 8.32 Å². The van der Waals surface area contributed by atoms with Crippen LogP contribution in [0.3, 0.4) is 0 Å². The van der Waals surface area contributed by atoms with E-state index in [1.807, 2.05) is 6.08 Å². The Labute approximate surface area is 107 Å². The predicted octanol–water partition coefficient (Wildman–Crippen LogP) is 4.26. The van der Waals surface area contributed by atoms with Gasteiger partial charge in [-0.1, -0.05) is 33.3 Å². The summed E-state index contributed by atoms with van der Waals surface area (Å²) in [6.07, 6.45) is 7.51. The van der Waals surface area contributed by atoms with Gasteiger partial charge in [0, 0.05) is 12.0 Å². The maximum atomic E-state index is 8.61. The Kier molecular flexibility index (Phi) is 4.57. The van der Waals surface area contributed by atoms with Crippen molar-refractivity contribution in [3.05, 3.63) is 12.2 Å². The fraction of sp³-hybridized carbons (Fsp3) is 0.786. The van der Waals surface area contributed by atoms with Crippen molar-refractivity contribution in [2.75, 3.05) is 0 Å². The van der Waals surface area contributed by atoms with Crippen molar-refractivity contribution < 1.29 is 4.43 Å². The molecule has 3 heteroatoms. The van der Waals surface area contributed by atoms with Crippen molar-refractivity contribution in [1.82, 2.24) is 0 Å². The molecule has 0 aliphatic heterocycles. The maximum Gasteiger partial charge on any atom is 0.192 e. The van der Waals surface area contributed by atoms with Crippen LogP contribution < -0.4 is 0 Å². The zero-order valence-electron chi connectivity index (χ0n) is 11.8. The fourth-order valence-electron chi connectivity index (χ4n) is 2.04. The third-order valence-corrected chi connectivity index (χ3v) is 8.68. The topological polar surface area (TPSA) is 33.0 Å². The van der Waals surface area contributed by atoms with E-state index < -0.39 is 8.32 Å². The van der Waals surface area contributed by atoms with E-state index in [1.165, 1.54) is 6.42 Å². The van der Waals surface area contributed by atoms with Gasteiger partial charge in [0.2, 0.25) is 0 Å². The van der Waals surface area contributed by atoms with Crippen LogP contribution in [0, 0.1) is 17.2 Å². The van der Waals surface area contributed by atoms with Gasteiger partial charge in [-0.15, -0.1) is 0 Å². The molecular formula is C14H25NOSi. The van der Waals surface area contributed by atoms with E-state index in [0.717, 1.165) is 12.8 Å². The first-order valence-corrected chi connectivity index (χ1v) is 9.43. The Balaban J connectivity index is 2.68. The summed E-state index contributed by atoms with van der Waals surface area (Å²) in [5.74, 6) is 0.448. The predicted molar refractivity (Wildman–Crippen MR) is 74.2 cm³/mol. The van der Waals surface area contributed by atoms with Crippen LogP contribution in [0.2, 0.25) is 18.1 Å². The standard InChI is InChI=1S/C14H25NOSi/c1-14(2,3)17(4,5)16-13-10-6-8-12(13)9-7-11-15/h7,9,12-13H,6,8,10H2,1-5H3/b9-7-/t12-,13-/m0/s1. The minimum absolute atomic E-state index is 0.263. The van der Waals surface area contributed by atoms with E-state index in [4.69, 9.17) is 9.69 Å². The number of nitrogens with zero attached hydrogens (tertiary/aromatic N) is 1. The molecule has 0 N–H and O–H groups in total. The van der Waals surface area contributed by atoms with Gasteiger partial charge in [0.1, 0.15) is 0 Å². The molecule has 0 unspecified atom stereocenters. The lowest BCUT2D eigenvalue weighted by atomic mass is 10.1. The van der Waals surface area contributed by atoms with Crippen molar-refractivity contribution in [2.24, 2.45) is 5.92 Å². The molecule has 0 aromatic carbocycles. The Morgan fingerprint density at radius 2 is 1.94 bits per heavy atom. The lowest BCUT2D eigenvalue weighted by Crippen LogP contribution is -2.44. The molecule has 0 radical (unpaired) electrons. The zero-order valence-corrected chi connectivity index (χ0v) is 12.8. The Morgan fingerprint density at radius 3 is 2.47 bits per heavy atom. The van der Waals surface area contributed by atoms with Gasteiger partial charge in [-0.25, -0.2) is 0 Å². The minimum Gasteiger partial charge on any atom is -0.413 e. The summed E-state index contributed by atoms with van der Waals surface area (Å²) in [5, 5.41) is 8.87. The van der Waals surface area contributed by atoms with Gasteiger partial charge in [0.15, 0.2) is 8.32 Å². The highest BCUT2D eigenvalue weighted by molar-refractivity contribution is 6.74. The quantitative estimate of drug-likeness (QED) is 0.555.